The molecule has 0 spiro atoms. The van der Waals surface area contributed by atoms with Crippen molar-refractivity contribution in [3.8, 4) is 0 Å². The molecule has 8 nitrogen and oxygen atoms in total. The Bertz CT molecular complexity index is 1370. The molecule has 34 heavy (non-hydrogen) atoms. The van der Waals surface area contributed by atoms with Gasteiger partial charge in [0.15, 0.2) is 0 Å². The highest BCUT2D eigenvalue weighted by Crippen LogP contribution is 2.25. The van der Waals surface area contributed by atoms with E-state index < -0.39 is 14.9 Å². The molecule has 9 heteroatoms. The molecule has 1 N–H and O–H groups in total. The lowest BCUT2D eigenvalue weighted by Gasteiger charge is -2.27. The van der Waals surface area contributed by atoms with Crippen LogP contribution in [-0.4, -0.2) is 37.2 Å². The second-order valence-corrected chi connectivity index (χ2v) is 9.67. The van der Waals surface area contributed by atoms with Crippen molar-refractivity contribution in [3.63, 3.8) is 0 Å². The molecule has 0 fully saturated rings. The van der Waals surface area contributed by atoms with E-state index in [0.717, 1.165) is 18.1 Å². The molecule has 4 rings (SSSR count). The number of sulfonamides is 1. The van der Waals surface area contributed by atoms with Crippen LogP contribution in [0.15, 0.2) is 83.8 Å². The van der Waals surface area contributed by atoms with Crippen molar-refractivity contribution in [2.45, 2.75) is 18.2 Å². The fourth-order valence-corrected chi connectivity index (χ4v) is 4.88. The van der Waals surface area contributed by atoms with Gasteiger partial charge in [0.25, 0.3) is 21.6 Å². The number of rotatable bonds is 6. The maximum Gasteiger partial charge on any atom is 0.273 e. The third-order valence-electron chi connectivity index (χ3n) is 5.71. The van der Waals surface area contributed by atoms with Crippen molar-refractivity contribution in [3.05, 3.63) is 106 Å². The number of hydrogen-bond acceptors (Lipinski definition) is 5. The second-order valence-electron chi connectivity index (χ2n) is 7.98. The van der Waals surface area contributed by atoms with Crippen LogP contribution in [0.2, 0.25) is 0 Å². The van der Waals surface area contributed by atoms with Gasteiger partial charge in [-0.05, 0) is 54.8 Å². The Morgan fingerprint density at radius 1 is 1.03 bits per heavy atom. The van der Waals surface area contributed by atoms with Crippen LogP contribution in [0, 0.1) is 17.0 Å². The van der Waals surface area contributed by atoms with Gasteiger partial charge in [0.1, 0.15) is 0 Å². The molecule has 0 saturated heterocycles. The first kappa shape index (κ1) is 23.2. The Kier molecular flexibility index (Phi) is 6.47. The van der Waals surface area contributed by atoms with Crippen LogP contribution in [0.4, 0.5) is 11.4 Å². The molecule has 0 radical (unpaired) electrons. The van der Waals surface area contributed by atoms with Crippen LogP contribution in [0.3, 0.4) is 0 Å². The summed E-state index contributed by atoms with van der Waals surface area (Å²) in [4.78, 5) is 24.9. The maximum absolute atomic E-state index is 12.9. The summed E-state index contributed by atoms with van der Waals surface area (Å²) < 4.78 is 27.8. The van der Waals surface area contributed by atoms with Crippen LogP contribution in [0.25, 0.3) is 5.57 Å². The largest absolute Gasteiger partial charge is 0.335 e. The minimum Gasteiger partial charge on any atom is -0.335 e. The zero-order valence-electron chi connectivity index (χ0n) is 18.5. The average molecular weight is 478 g/mol. The van der Waals surface area contributed by atoms with Crippen LogP contribution in [-0.2, 0) is 10.0 Å². The molecule has 0 aromatic heterocycles. The summed E-state index contributed by atoms with van der Waals surface area (Å²) in [7, 11) is -4.03. The van der Waals surface area contributed by atoms with Crippen LogP contribution < -0.4 is 4.72 Å². The van der Waals surface area contributed by atoms with Crippen molar-refractivity contribution < 1.29 is 18.1 Å². The molecule has 0 saturated carbocycles. The predicted molar refractivity (Wildman–Crippen MR) is 130 cm³/mol. The molecule has 0 aliphatic carbocycles. The number of nitro benzene ring substituents is 1. The topological polar surface area (TPSA) is 110 Å². The number of carbonyl (C=O) groups is 1. The van der Waals surface area contributed by atoms with Crippen molar-refractivity contribution in [1.29, 1.82) is 0 Å². The average Bonchev–Trinajstić information content (AvgIpc) is 2.84. The number of benzene rings is 3. The van der Waals surface area contributed by atoms with E-state index in [1.807, 2.05) is 18.2 Å². The summed E-state index contributed by atoms with van der Waals surface area (Å²) in [5, 5.41) is 11.1. The van der Waals surface area contributed by atoms with Gasteiger partial charge < -0.3 is 4.90 Å². The van der Waals surface area contributed by atoms with Gasteiger partial charge in [-0.2, -0.15) is 0 Å². The Morgan fingerprint density at radius 3 is 2.35 bits per heavy atom. The van der Waals surface area contributed by atoms with Gasteiger partial charge in [-0.15, -0.1) is 0 Å². The third kappa shape index (κ3) is 4.99. The van der Waals surface area contributed by atoms with Gasteiger partial charge in [0.05, 0.1) is 9.82 Å². The molecule has 0 bridgehead atoms. The molecule has 3 aromatic rings. The summed E-state index contributed by atoms with van der Waals surface area (Å²) in [5.41, 5.74) is 3.18. The standard InChI is InChI=1S/C25H23N3O5S/c1-18-7-12-23(17-24(18)28(30)31)34(32,33)26-22-10-8-21(9-11-22)25(29)27-15-13-20(14-16-27)19-5-3-2-4-6-19/h2-13,17,26H,14-16H2,1H3. The Hall–Kier alpha value is -3.98. The fourth-order valence-electron chi connectivity index (χ4n) is 3.80. The van der Waals surface area contributed by atoms with E-state index in [-0.39, 0.29) is 22.2 Å². The molecule has 1 amide bonds. The van der Waals surface area contributed by atoms with Gasteiger partial charge >= 0.3 is 0 Å². The number of aryl methyl sites for hydroxylation is 1. The summed E-state index contributed by atoms with van der Waals surface area (Å²) in [6, 6.07) is 19.9. The van der Waals surface area contributed by atoms with E-state index in [1.165, 1.54) is 36.8 Å². The van der Waals surface area contributed by atoms with Crippen molar-refractivity contribution in [2.75, 3.05) is 17.8 Å². The van der Waals surface area contributed by atoms with Crippen LogP contribution >= 0.6 is 0 Å². The number of carbonyl (C=O) groups excluding carboxylic acids is 1. The van der Waals surface area contributed by atoms with Gasteiger partial charge in [-0.25, -0.2) is 8.42 Å². The maximum atomic E-state index is 12.9. The van der Waals surface area contributed by atoms with Crippen molar-refractivity contribution in [2.24, 2.45) is 0 Å². The zero-order valence-corrected chi connectivity index (χ0v) is 19.3. The van der Waals surface area contributed by atoms with E-state index in [1.54, 1.807) is 17.0 Å². The van der Waals surface area contributed by atoms with E-state index in [4.69, 9.17) is 0 Å². The first-order valence-electron chi connectivity index (χ1n) is 10.7. The quantitative estimate of drug-likeness (QED) is 0.411. The molecule has 0 atom stereocenters. The molecule has 1 heterocycles. The van der Waals surface area contributed by atoms with Crippen LogP contribution in [0.5, 0.6) is 0 Å². The van der Waals surface area contributed by atoms with Gasteiger partial charge in [-0.3, -0.25) is 19.6 Å². The van der Waals surface area contributed by atoms with Gasteiger partial charge in [-0.1, -0.05) is 42.5 Å². The predicted octanol–water partition coefficient (Wildman–Crippen LogP) is 4.63. The monoisotopic (exact) mass is 477 g/mol. The zero-order chi connectivity index (χ0) is 24.3. The van der Waals surface area contributed by atoms with E-state index in [0.29, 0.717) is 24.2 Å². The van der Waals surface area contributed by atoms with E-state index in [9.17, 15) is 23.3 Å². The molecule has 1 aliphatic rings. The Labute approximate surface area is 197 Å². The Morgan fingerprint density at radius 2 is 1.74 bits per heavy atom. The third-order valence-corrected chi connectivity index (χ3v) is 7.09. The Balaban J connectivity index is 1.44. The highest BCUT2D eigenvalue weighted by Gasteiger charge is 2.22. The van der Waals surface area contributed by atoms with E-state index in [2.05, 4.69) is 22.9 Å². The highest BCUT2D eigenvalue weighted by atomic mass is 32.2. The van der Waals surface area contributed by atoms with Gasteiger partial charge in [0.2, 0.25) is 0 Å². The number of nitro groups is 1. The normalized spacial score (nSPS) is 13.8. The SMILES string of the molecule is Cc1ccc(S(=O)(=O)Nc2ccc(C(=O)N3CC=C(c4ccccc4)CC3)cc2)cc1[N+](=O)[O-]. The van der Waals surface area contributed by atoms with Crippen molar-refractivity contribution >= 4 is 32.9 Å². The lowest BCUT2D eigenvalue weighted by molar-refractivity contribution is -0.385. The molecule has 1 aliphatic heterocycles. The smallest absolute Gasteiger partial charge is 0.273 e. The summed E-state index contributed by atoms with van der Waals surface area (Å²) >= 11 is 0. The summed E-state index contributed by atoms with van der Waals surface area (Å²) in [5.74, 6) is -0.132. The molecular weight excluding hydrogens is 454 g/mol. The number of nitrogens with one attached hydrogen (secondary N) is 1. The number of amides is 1. The first-order valence-corrected chi connectivity index (χ1v) is 12.1. The highest BCUT2D eigenvalue weighted by molar-refractivity contribution is 7.92. The minimum atomic E-state index is -4.03. The number of hydrogen-bond donors (Lipinski definition) is 1. The minimum absolute atomic E-state index is 0.132. The number of nitrogens with zero attached hydrogens (tertiary/aromatic N) is 2. The second kappa shape index (κ2) is 9.48. The lowest BCUT2D eigenvalue weighted by Crippen LogP contribution is -2.34. The molecule has 3 aromatic carbocycles. The molecular formula is C25H23N3O5S. The van der Waals surface area contributed by atoms with Gasteiger partial charge in [0, 0.05) is 36.0 Å². The first-order chi connectivity index (χ1) is 16.2. The number of anilines is 1. The van der Waals surface area contributed by atoms with E-state index >= 15 is 0 Å². The summed E-state index contributed by atoms with van der Waals surface area (Å²) in [6.07, 6.45) is 2.82. The van der Waals surface area contributed by atoms with Crippen LogP contribution in [0.1, 0.15) is 27.9 Å². The molecule has 174 valence electrons. The fraction of sp³-hybridized carbons (Fsp3) is 0.160. The molecule has 0 unspecified atom stereocenters. The summed E-state index contributed by atoms with van der Waals surface area (Å²) in [6.45, 7) is 2.64. The lowest BCUT2D eigenvalue weighted by atomic mass is 9.99. The van der Waals surface area contributed by atoms with Crippen molar-refractivity contribution in [1.82, 2.24) is 4.90 Å².